The van der Waals surface area contributed by atoms with Crippen LogP contribution in [-0.4, -0.2) is 12.4 Å². The molecule has 0 aliphatic heterocycles. The van der Waals surface area contributed by atoms with Crippen molar-refractivity contribution >= 4 is 5.84 Å². The number of aryl methyl sites for hydroxylation is 2. The van der Waals surface area contributed by atoms with Crippen molar-refractivity contribution in [2.24, 2.45) is 10.7 Å². The first-order valence-electron chi connectivity index (χ1n) is 5.48. The minimum absolute atomic E-state index is 0.736. The average Bonchev–Trinajstić information content (AvgIpc) is 2.20. The standard InChI is InChI=1S/C13H20N2/c1-4-7-15-13(14)9-12-6-5-10(2)11(3)8-12/h5-6,8H,4,7,9H2,1-3H3,(H2,14,15). The van der Waals surface area contributed by atoms with E-state index in [2.05, 4.69) is 44.0 Å². The summed E-state index contributed by atoms with van der Waals surface area (Å²) in [6, 6.07) is 6.44. The molecule has 0 spiro atoms. The van der Waals surface area contributed by atoms with E-state index in [1.54, 1.807) is 0 Å². The van der Waals surface area contributed by atoms with Gasteiger partial charge < -0.3 is 5.73 Å². The Bertz CT molecular complexity index is 354. The Labute approximate surface area is 92.2 Å². The van der Waals surface area contributed by atoms with Crippen LogP contribution in [0.3, 0.4) is 0 Å². The molecule has 0 aromatic heterocycles. The van der Waals surface area contributed by atoms with E-state index in [0.717, 1.165) is 25.2 Å². The van der Waals surface area contributed by atoms with Crippen molar-refractivity contribution in [3.8, 4) is 0 Å². The van der Waals surface area contributed by atoms with Gasteiger partial charge in [0.25, 0.3) is 0 Å². The van der Waals surface area contributed by atoms with Crippen molar-refractivity contribution < 1.29 is 0 Å². The van der Waals surface area contributed by atoms with Crippen molar-refractivity contribution in [2.75, 3.05) is 6.54 Å². The second kappa shape index (κ2) is 5.54. The third kappa shape index (κ3) is 3.74. The van der Waals surface area contributed by atoms with Gasteiger partial charge in [0, 0.05) is 13.0 Å². The second-order valence-electron chi connectivity index (χ2n) is 3.97. The summed E-state index contributed by atoms with van der Waals surface area (Å²) in [7, 11) is 0. The number of amidine groups is 1. The first-order chi connectivity index (χ1) is 7.13. The molecule has 0 fully saturated rings. The Morgan fingerprint density at radius 1 is 1.27 bits per heavy atom. The predicted molar refractivity (Wildman–Crippen MR) is 66.4 cm³/mol. The number of nitrogens with zero attached hydrogens (tertiary/aromatic N) is 1. The van der Waals surface area contributed by atoms with Gasteiger partial charge in [0.05, 0.1) is 5.84 Å². The summed E-state index contributed by atoms with van der Waals surface area (Å²) in [5.74, 6) is 0.736. The molecule has 82 valence electrons. The summed E-state index contributed by atoms with van der Waals surface area (Å²) in [5, 5.41) is 0. The normalized spacial score (nSPS) is 11.8. The van der Waals surface area contributed by atoms with Crippen molar-refractivity contribution in [1.82, 2.24) is 0 Å². The van der Waals surface area contributed by atoms with E-state index >= 15 is 0 Å². The largest absolute Gasteiger partial charge is 0.387 e. The van der Waals surface area contributed by atoms with Crippen LogP contribution < -0.4 is 5.73 Å². The molecule has 1 aromatic rings. The average molecular weight is 204 g/mol. The monoisotopic (exact) mass is 204 g/mol. The molecular formula is C13H20N2. The van der Waals surface area contributed by atoms with E-state index < -0.39 is 0 Å². The lowest BCUT2D eigenvalue weighted by atomic mass is 10.0. The van der Waals surface area contributed by atoms with Crippen LogP contribution in [0, 0.1) is 13.8 Å². The maximum atomic E-state index is 5.83. The molecule has 0 bridgehead atoms. The van der Waals surface area contributed by atoms with Gasteiger partial charge in [-0.1, -0.05) is 25.1 Å². The Kier molecular flexibility index (Phi) is 4.35. The van der Waals surface area contributed by atoms with Gasteiger partial charge in [-0.15, -0.1) is 0 Å². The molecule has 2 nitrogen and oxygen atoms in total. The van der Waals surface area contributed by atoms with Crippen LogP contribution in [0.1, 0.15) is 30.0 Å². The molecule has 0 saturated carbocycles. The predicted octanol–water partition coefficient (Wildman–Crippen LogP) is 2.61. The van der Waals surface area contributed by atoms with Gasteiger partial charge in [0.1, 0.15) is 0 Å². The number of rotatable bonds is 4. The zero-order chi connectivity index (χ0) is 11.3. The molecule has 1 aromatic carbocycles. The summed E-state index contributed by atoms with van der Waals surface area (Å²) in [6.07, 6.45) is 1.81. The number of aliphatic imine (C=N–C) groups is 1. The minimum Gasteiger partial charge on any atom is -0.387 e. The fourth-order valence-electron chi connectivity index (χ4n) is 1.43. The van der Waals surface area contributed by atoms with Crippen LogP contribution in [0.2, 0.25) is 0 Å². The lowest BCUT2D eigenvalue weighted by molar-refractivity contribution is 0.924. The van der Waals surface area contributed by atoms with Crippen molar-refractivity contribution in [3.63, 3.8) is 0 Å². The van der Waals surface area contributed by atoms with Crippen LogP contribution in [0.4, 0.5) is 0 Å². The summed E-state index contributed by atoms with van der Waals surface area (Å²) in [4.78, 5) is 4.28. The van der Waals surface area contributed by atoms with E-state index in [4.69, 9.17) is 5.73 Å². The lowest BCUT2D eigenvalue weighted by Gasteiger charge is -2.05. The van der Waals surface area contributed by atoms with Crippen LogP contribution in [-0.2, 0) is 6.42 Å². The summed E-state index contributed by atoms with van der Waals surface area (Å²) >= 11 is 0. The van der Waals surface area contributed by atoms with Gasteiger partial charge in [-0.25, -0.2) is 0 Å². The highest BCUT2D eigenvalue weighted by Crippen LogP contribution is 2.10. The Balaban J connectivity index is 2.68. The molecule has 0 radical (unpaired) electrons. The SMILES string of the molecule is CCCN=C(N)Cc1ccc(C)c(C)c1. The number of benzene rings is 1. The molecule has 1 rings (SSSR count). The number of nitrogens with two attached hydrogens (primary N) is 1. The summed E-state index contributed by atoms with van der Waals surface area (Å²) in [6.45, 7) is 7.18. The van der Waals surface area contributed by atoms with Gasteiger partial charge in [-0.2, -0.15) is 0 Å². The van der Waals surface area contributed by atoms with Crippen molar-refractivity contribution in [2.45, 2.75) is 33.6 Å². The highest BCUT2D eigenvalue weighted by molar-refractivity contribution is 5.82. The van der Waals surface area contributed by atoms with Gasteiger partial charge in [0.2, 0.25) is 0 Å². The fourth-order valence-corrected chi connectivity index (χ4v) is 1.43. The molecule has 0 atom stereocenters. The van der Waals surface area contributed by atoms with Gasteiger partial charge in [-0.05, 0) is 37.0 Å². The van der Waals surface area contributed by atoms with E-state index in [1.165, 1.54) is 16.7 Å². The molecule has 15 heavy (non-hydrogen) atoms. The molecule has 0 aliphatic rings. The fraction of sp³-hybridized carbons (Fsp3) is 0.462. The third-order valence-corrected chi connectivity index (χ3v) is 2.50. The molecule has 0 amide bonds. The van der Waals surface area contributed by atoms with Crippen LogP contribution in [0.25, 0.3) is 0 Å². The van der Waals surface area contributed by atoms with Crippen molar-refractivity contribution in [3.05, 3.63) is 34.9 Å². The maximum Gasteiger partial charge on any atom is 0.0981 e. The Morgan fingerprint density at radius 2 is 2.00 bits per heavy atom. The Hall–Kier alpha value is -1.31. The molecule has 0 unspecified atom stereocenters. The lowest BCUT2D eigenvalue weighted by Crippen LogP contribution is -2.15. The maximum absolute atomic E-state index is 5.83. The first kappa shape index (κ1) is 11.8. The molecule has 0 aliphatic carbocycles. The number of hydrogen-bond acceptors (Lipinski definition) is 1. The van der Waals surface area contributed by atoms with E-state index in [-0.39, 0.29) is 0 Å². The molecule has 2 N–H and O–H groups in total. The molecular weight excluding hydrogens is 184 g/mol. The zero-order valence-electron chi connectivity index (χ0n) is 9.88. The zero-order valence-corrected chi connectivity index (χ0v) is 9.88. The summed E-state index contributed by atoms with van der Waals surface area (Å²) in [5.41, 5.74) is 9.71. The highest BCUT2D eigenvalue weighted by Gasteiger charge is 1.98. The van der Waals surface area contributed by atoms with E-state index in [0.29, 0.717) is 0 Å². The van der Waals surface area contributed by atoms with Crippen LogP contribution in [0.15, 0.2) is 23.2 Å². The van der Waals surface area contributed by atoms with Gasteiger partial charge in [0.15, 0.2) is 0 Å². The second-order valence-corrected chi connectivity index (χ2v) is 3.97. The van der Waals surface area contributed by atoms with Gasteiger partial charge in [-0.3, -0.25) is 4.99 Å². The van der Waals surface area contributed by atoms with Crippen LogP contribution in [0.5, 0.6) is 0 Å². The first-order valence-corrected chi connectivity index (χ1v) is 5.48. The molecule has 0 saturated heterocycles. The molecule has 0 heterocycles. The third-order valence-electron chi connectivity index (χ3n) is 2.50. The summed E-state index contributed by atoms with van der Waals surface area (Å²) < 4.78 is 0. The highest BCUT2D eigenvalue weighted by atomic mass is 14.8. The van der Waals surface area contributed by atoms with Crippen LogP contribution >= 0.6 is 0 Å². The molecule has 2 heteroatoms. The number of hydrogen-bond donors (Lipinski definition) is 1. The quantitative estimate of drug-likeness (QED) is 0.594. The van der Waals surface area contributed by atoms with E-state index in [9.17, 15) is 0 Å². The smallest absolute Gasteiger partial charge is 0.0981 e. The van der Waals surface area contributed by atoms with E-state index in [1.807, 2.05) is 0 Å². The topological polar surface area (TPSA) is 38.4 Å². The van der Waals surface area contributed by atoms with Crippen molar-refractivity contribution in [1.29, 1.82) is 0 Å². The minimum atomic E-state index is 0.736. The van der Waals surface area contributed by atoms with Gasteiger partial charge >= 0.3 is 0 Å². The Morgan fingerprint density at radius 3 is 2.60 bits per heavy atom.